The topological polar surface area (TPSA) is 52.6 Å². The summed E-state index contributed by atoms with van der Waals surface area (Å²) in [5, 5.41) is 0. The largest absolute Gasteiger partial charge is 0.475 e. The Bertz CT molecular complexity index is 414. The van der Waals surface area contributed by atoms with E-state index in [4.69, 9.17) is 9.47 Å². The maximum atomic E-state index is 11.5. The molecule has 0 saturated carbocycles. The molecule has 0 fully saturated rings. The van der Waals surface area contributed by atoms with E-state index in [1.165, 1.54) is 12.1 Å². The van der Waals surface area contributed by atoms with Crippen LogP contribution in [0.2, 0.25) is 0 Å². The van der Waals surface area contributed by atoms with Gasteiger partial charge < -0.3 is 9.47 Å². The van der Waals surface area contributed by atoms with Crippen LogP contribution in [0.5, 0.6) is 5.75 Å². The summed E-state index contributed by atoms with van der Waals surface area (Å²) >= 11 is 0. The van der Waals surface area contributed by atoms with Crippen molar-refractivity contribution in [1.82, 2.24) is 0 Å². The second kappa shape index (κ2) is 5.90. The lowest BCUT2D eigenvalue weighted by Gasteiger charge is -2.11. The normalized spacial score (nSPS) is 11.6. The molecule has 0 bridgehead atoms. The number of hydrogen-bond donors (Lipinski definition) is 0. The van der Waals surface area contributed by atoms with Crippen LogP contribution in [0.1, 0.15) is 13.8 Å². The predicted octanol–water partition coefficient (Wildman–Crippen LogP) is 1.38. The van der Waals surface area contributed by atoms with Crippen LogP contribution in [-0.2, 0) is 9.53 Å². The summed E-state index contributed by atoms with van der Waals surface area (Å²) in [4.78, 5) is 22.7. The van der Waals surface area contributed by atoms with Gasteiger partial charge in [-0.25, -0.2) is 4.79 Å². The molecule has 0 radical (unpaired) electrons. The summed E-state index contributed by atoms with van der Waals surface area (Å²) in [6, 6.07) is 7.91. The SMILES string of the molecule is CCOC(=O)C(C)Oc1cccccc1=O. The Hall–Kier alpha value is -1.84. The van der Waals surface area contributed by atoms with E-state index in [1.807, 2.05) is 0 Å². The van der Waals surface area contributed by atoms with E-state index in [1.54, 1.807) is 32.0 Å². The fourth-order valence-electron chi connectivity index (χ4n) is 1.11. The van der Waals surface area contributed by atoms with Crippen molar-refractivity contribution >= 4 is 5.97 Å². The van der Waals surface area contributed by atoms with Gasteiger partial charge in [-0.05, 0) is 26.0 Å². The zero-order chi connectivity index (χ0) is 12.0. The molecule has 0 spiro atoms. The lowest BCUT2D eigenvalue weighted by atomic mass is 10.4. The highest BCUT2D eigenvalue weighted by atomic mass is 16.6. The van der Waals surface area contributed by atoms with Gasteiger partial charge in [0.05, 0.1) is 6.61 Å². The van der Waals surface area contributed by atoms with Crippen molar-refractivity contribution in [3.05, 3.63) is 40.6 Å². The van der Waals surface area contributed by atoms with Gasteiger partial charge in [-0.1, -0.05) is 18.2 Å². The zero-order valence-corrected chi connectivity index (χ0v) is 9.30. The van der Waals surface area contributed by atoms with E-state index >= 15 is 0 Å². The number of rotatable bonds is 4. The van der Waals surface area contributed by atoms with Crippen molar-refractivity contribution in [2.45, 2.75) is 20.0 Å². The highest BCUT2D eigenvalue weighted by Crippen LogP contribution is 2.05. The molecule has 0 heterocycles. The van der Waals surface area contributed by atoms with Gasteiger partial charge in [0.25, 0.3) is 0 Å². The molecule has 0 aromatic heterocycles. The Labute approximate surface area is 93.8 Å². The maximum absolute atomic E-state index is 11.5. The predicted molar refractivity (Wildman–Crippen MR) is 59.4 cm³/mol. The summed E-state index contributed by atoms with van der Waals surface area (Å²) in [7, 11) is 0. The van der Waals surface area contributed by atoms with Crippen molar-refractivity contribution in [1.29, 1.82) is 0 Å². The third kappa shape index (κ3) is 3.38. The monoisotopic (exact) mass is 222 g/mol. The molecule has 0 N–H and O–H groups in total. The van der Waals surface area contributed by atoms with Gasteiger partial charge in [-0.15, -0.1) is 0 Å². The fraction of sp³-hybridized carbons (Fsp3) is 0.333. The van der Waals surface area contributed by atoms with E-state index < -0.39 is 12.1 Å². The molecule has 86 valence electrons. The molecule has 1 rings (SSSR count). The fourth-order valence-corrected chi connectivity index (χ4v) is 1.11. The number of carbonyl (C=O) groups excluding carboxylic acids is 1. The van der Waals surface area contributed by atoms with Crippen molar-refractivity contribution < 1.29 is 14.3 Å². The zero-order valence-electron chi connectivity index (χ0n) is 9.30. The van der Waals surface area contributed by atoms with Crippen LogP contribution in [0.25, 0.3) is 0 Å². The molecule has 1 aromatic carbocycles. The third-order valence-corrected chi connectivity index (χ3v) is 1.88. The number of carbonyl (C=O) groups is 1. The smallest absolute Gasteiger partial charge is 0.347 e. The van der Waals surface area contributed by atoms with Crippen LogP contribution in [0.15, 0.2) is 35.1 Å². The van der Waals surface area contributed by atoms with E-state index in [-0.39, 0.29) is 11.2 Å². The van der Waals surface area contributed by atoms with Gasteiger partial charge in [-0.3, -0.25) is 4.79 Å². The standard InChI is InChI=1S/C12H14O4/c1-3-15-12(14)9(2)16-11-8-6-4-5-7-10(11)13/h4-9H,3H2,1-2H3. The first kappa shape index (κ1) is 12.2. The van der Waals surface area contributed by atoms with Crippen LogP contribution < -0.4 is 10.2 Å². The number of ether oxygens (including phenoxy) is 2. The van der Waals surface area contributed by atoms with Crippen molar-refractivity contribution in [2.24, 2.45) is 0 Å². The van der Waals surface area contributed by atoms with Crippen LogP contribution in [0.3, 0.4) is 0 Å². The molecule has 1 atom stereocenters. The summed E-state index contributed by atoms with van der Waals surface area (Å²) < 4.78 is 10.0. The van der Waals surface area contributed by atoms with Crippen LogP contribution in [-0.4, -0.2) is 18.7 Å². The first-order valence-corrected chi connectivity index (χ1v) is 5.07. The molecule has 0 aliphatic carbocycles. The van der Waals surface area contributed by atoms with Crippen LogP contribution >= 0.6 is 0 Å². The summed E-state index contributed by atoms with van der Waals surface area (Å²) in [6.45, 7) is 3.55. The van der Waals surface area contributed by atoms with E-state index in [0.717, 1.165) is 0 Å². The Balaban J connectivity index is 2.78. The van der Waals surface area contributed by atoms with Crippen LogP contribution in [0, 0.1) is 0 Å². The van der Waals surface area contributed by atoms with Gasteiger partial charge in [0.15, 0.2) is 11.9 Å². The molecular formula is C12H14O4. The maximum Gasteiger partial charge on any atom is 0.347 e. The van der Waals surface area contributed by atoms with E-state index in [0.29, 0.717) is 6.61 Å². The molecule has 0 aliphatic heterocycles. The highest BCUT2D eigenvalue weighted by Gasteiger charge is 2.16. The molecule has 4 nitrogen and oxygen atoms in total. The minimum absolute atomic E-state index is 0.144. The minimum Gasteiger partial charge on any atom is -0.475 e. The second-order valence-electron chi connectivity index (χ2n) is 3.15. The molecule has 1 aromatic rings. The molecule has 16 heavy (non-hydrogen) atoms. The van der Waals surface area contributed by atoms with Gasteiger partial charge in [-0.2, -0.15) is 0 Å². The molecule has 0 aliphatic rings. The Kier molecular flexibility index (Phi) is 4.51. The third-order valence-electron chi connectivity index (χ3n) is 1.88. The average Bonchev–Trinajstić information content (AvgIpc) is 2.45. The second-order valence-corrected chi connectivity index (χ2v) is 3.15. The Morgan fingerprint density at radius 2 is 2.00 bits per heavy atom. The quantitative estimate of drug-likeness (QED) is 0.722. The van der Waals surface area contributed by atoms with E-state index in [2.05, 4.69) is 0 Å². The highest BCUT2D eigenvalue weighted by molar-refractivity contribution is 5.74. The van der Waals surface area contributed by atoms with Gasteiger partial charge in [0.2, 0.25) is 5.43 Å². The van der Waals surface area contributed by atoms with Crippen LogP contribution in [0.4, 0.5) is 0 Å². The number of esters is 1. The minimum atomic E-state index is -0.782. The number of hydrogen-bond acceptors (Lipinski definition) is 4. The molecule has 0 saturated heterocycles. The Morgan fingerprint density at radius 1 is 1.31 bits per heavy atom. The summed E-state index contributed by atoms with van der Waals surface area (Å²) in [5.41, 5.74) is -0.263. The molecular weight excluding hydrogens is 208 g/mol. The van der Waals surface area contributed by atoms with Gasteiger partial charge in [0, 0.05) is 0 Å². The van der Waals surface area contributed by atoms with Gasteiger partial charge in [0.1, 0.15) is 0 Å². The van der Waals surface area contributed by atoms with Crippen molar-refractivity contribution in [3.63, 3.8) is 0 Å². The lowest BCUT2D eigenvalue weighted by Crippen LogP contribution is -2.27. The molecule has 4 heteroatoms. The summed E-state index contributed by atoms with van der Waals surface area (Å²) in [6.07, 6.45) is -0.782. The van der Waals surface area contributed by atoms with Crippen molar-refractivity contribution in [3.8, 4) is 5.75 Å². The molecule has 0 amide bonds. The van der Waals surface area contributed by atoms with Gasteiger partial charge >= 0.3 is 5.97 Å². The first-order chi connectivity index (χ1) is 7.65. The lowest BCUT2D eigenvalue weighted by molar-refractivity contribution is -0.150. The summed E-state index contributed by atoms with van der Waals surface area (Å²) in [5.74, 6) is -0.334. The average molecular weight is 222 g/mol. The van der Waals surface area contributed by atoms with Crippen molar-refractivity contribution in [2.75, 3.05) is 6.61 Å². The van der Waals surface area contributed by atoms with E-state index in [9.17, 15) is 9.59 Å². The first-order valence-electron chi connectivity index (χ1n) is 5.07. The Morgan fingerprint density at radius 3 is 2.69 bits per heavy atom. The molecule has 1 unspecified atom stereocenters.